The lowest BCUT2D eigenvalue weighted by Gasteiger charge is -2.31. The van der Waals surface area contributed by atoms with Gasteiger partial charge in [0.15, 0.2) is 0 Å². The van der Waals surface area contributed by atoms with Gasteiger partial charge in [-0.15, -0.1) is 0 Å². The number of hydrogen-bond donors (Lipinski definition) is 0. The molecular weight excluding hydrogens is 296 g/mol. The van der Waals surface area contributed by atoms with Crippen LogP contribution in [0.1, 0.15) is 46.0 Å². The van der Waals surface area contributed by atoms with Gasteiger partial charge in [-0.1, -0.05) is 93.8 Å². The van der Waals surface area contributed by atoms with Crippen LogP contribution >= 0.6 is 0 Å². The Morgan fingerprint density at radius 3 is 2.00 bits per heavy atom. The zero-order chi connectivity index (χ0) is 16.1. The Balaban J connectivity index is 1.94. The predicted octanol–water partition coefficient (Wildman–Crippen LogP) is 4.51. The average Bonchev–Trinajstić information content (AvgIpc) is 2.94. The molecule has 0 saturated carbocycles. The summed E-state index contributed by atoms with van der Waals surface area (Å²) < 4.78 is 6.92. The van der Waals surface area contributed by atoms with E-state index in [2.05, 4.69) is 74.5 Å². The zero-order valence-corrected chi connectivity index (χ0v) is 15.4. The molecule has 2 aromatic carbocycles. The third-order valence-electron chi connectivity index (χ3n) is 5.20. The Hall–Kier alpha value is -1.38. The van der Waals surface area contributed by atoms with Crippen LogP contribution in [-0.2, 0) is 4.43 Å². The quantitative estimate of drug-likeness (QED) is 0.561. The number of rotatable bonds is 6. The minimum Gasteiger partial charge on any atom is -0.405 e. The largest absolute Gasteiger partial charge is 0.405 e. The Kier molecular flexibility index (Phi) is 5.34. The normalized spacial score (nSPS) is 23.0. The van der Waals surface area contributed by atoms with E-state index in [1.165, 1.54) is 42.5 Å². The summed E-state index contributed by atoms with van der Waals surface area (Å²) in [5, 5.41) is 2.85. The topological polar surface area (TPSA) is 9.23 Å². The maximum absolute atomic E-state index is 6.92. The van der Waals surface area contributed by atoms with Gasteiger partial charge in [0, 0.05) is 6.10 Å². The summed E-state index contributed by atoms with van der Waals surface area (Å²) in [4.78, 5) is 0. The summed E-state index contributed by atoms with van der Waals surface area (Å²) in [7, 11) is -2.11. The fraction of sp³-hybridized carbons (Fsp3) is 0.429. The second-order valence-corrected chi connectivity index (χ2v) is 10.7. The summed E-state index contributed by atoms with van der Waals surface area (Å²) in [5.41, 5.74) is 0.624. The molecule has 0 spiro atoms. The molecule has 1 aliphatic rings. The lowest BCUT2D eigenvalue weighted by atomic mass is 10.1. The molecule has 122 valence electrons. The second-order valence-electron chi connectivity index (χ2n) is 6.84. The van der Waals surface area contributed by atoms with E-state index in [0.717, 1.165) is 0 Å². The van der Waals surface area contributed by atoms with Crippen molar-refractivity contribution >= 4 is 18.7 Å². The first-order chi connectivity index (χ1) is 11.3. The van der Waals surface area contributed by atoms with Crippen LogP contribution < -0.4 is 10.4 Å². The van der Waals surface area contributed by atoms with Crippen LogP contribution in [0.2, 0.25) is 5.54 Å². The van der Waals surface area contributed by atoms with E-state index in [0.29, 0.717) is 11.6 Å². The van der Waals surface area contributed by atoms with Crippen molar-refractivity contribution in [3.8, 4) is 0 Å². The molecule has 1 aliphatic heterocycles. The van der Waals surface area contributed by atoms with E-state index in [-0.39, 0.29) is 0 Å². The summed E-state index contributed by atoms with van der Waals surface area (Å²) in [6, 6.07) is 22.0. The average molecular weight is 325 g/mol. The van der Waals surface area contributed by atoms with Crippen LogP contribution in [0.25, 0.3) is 0 Å². The molecule has 2 heteroatoms. The minimum absolute atomic E-state index is 0.434. The van der Waals surface area contributed by atoms with E-state index < -0.39 is 8.32 Å². The van der Waals surface area contributed by atoms with E-state index >= 15 is 0 Å². The van der Waals surface area contributed by atoms with Gasteiger partial charge in [0.2, 0.25) is 0 Å². The molecule has 1 heterocycles. The van der Waals surface area contributed by atoms with Gasteiger partial charge in [0.1, 0.15) is 0 Å². The summed E-state index contributed by atoms with van der Waals surface area (Å²) in [6.45, 7) is 4.68. The number of benzene rings is 2. The minimum atomic E-state index is -2.11. The van der Waals surface area contributed by atoms with Crippen molar-refractivity contribution in [1.29, 1.82) is 0 Å². The molecule has 2 atom stereocenters. The van der Waals surface area contributed by atoms with Crippen LogP contribution in [-0.4, -0.2) is 14.4 Å². The van der Waals surface area contributed by atoms with Gasteiger partial charge in [0.05, 0.1) is 0 Å². The molecule has 1 fully saturated rings. The SMILES string of the molecule is CCCCC[C@@H]1C[C@@H](C)[Si](c2ccccc2)(c2ccccc2)O1. The maximum atomic E-state index is 6.92. The summed E-state index contributed by atoms with van der Waals surface area (Å²) in [6.07, 6.45) is 6.75. The maximum Gasteiger partial charge on any atom is 0.258 e. The van der Waals surface area contributed by atoms with Gasteiger partial charge in [0.25, 0.3) is 8.32 Å². The second kappa shape index (κ2) is 7.46. The highest BCUT2D eigenvalue weighted by Crippen LogP contribution is 2.38. The van der Waals surface area contributed by atoms with E-state index in [1.54, 1.807) is 0 Å². The molecule has 23 heavy (non-hydrogen) atoms. The molecule has 3 rings (SSSR count). The first-order valence-electron chi connectivity index (χ1n) is 9.06. The lowest BCUT2D eigenvalue weighted by molar-refractivity contribution is 0.211. The Morgan fingerprint density at radius 1 is 0.913 bits per heavy atom. The first-order valence-corrected chi connectivity index (χ1v) is 11.0. The zero-order valence-electron chi connectivity index (χ0n) is 14.4. The van der Waals surface area contributed by atoms with Gasteiger partial charge in [-0.2, -0.15) is 0 Å². The fourth-order valence-electron chi connectivity index (χ4n) is 4.03. The standard InChI is InChI=1S/C21H28OSi/c1-3-4-7-12-19-17-18(2)23(22-19,20-13-8-5-9-14-20)21-15-10-6-11-16-21/h5-6,8-11,13-16,18-19H,3-4,7,12,17H2,1-2H3/t18-,19-/m1/s1. The third-order valence-corrected chi connectivity index (χ3v) is 9.91. The molecule has 0 aliphatic carbocycles. The highest BCUT2D eigenvalue weighted by molar-refractivity contribution is 6.98. The Bertz CT molecular complexity index is 556. The summed E-state index contributed by atoms with van der Waals surface area (Å²) in [5.74, 6) is 0. The molecule has 1 nitrogen and oxygen atoms in total. The Morgan fingerprint density at radius 2 is 1.48 bits per heavy atom. The van der Waals surface area contributed by atoms with Crippen molar-refractivity contribution in [1.82, 2.24) is 0 Å². The van der Waals surface area contributed by atoms with Crippen LogP contribution in [0.5, 0.6) is 0 Å². The monoisotopic (exact) mass is 324 g/mol. The molecular formula is C21H28OSi. The Labute approximate surface area is 141 Å². The van der Waals surface area contributed by atoms with Crippen molar-refractivity contribution in [2.24, 2.45) is 0 Å². The third kappa shape index (κ3) is 3.29. The molecule has 0 aromatic heterocycles. The highest BCUT2D eigenvalue weighted by atomic mass is 28.4. The van der Waals surface area contributed by atoms with Crippen molar-refractivity contribution < 1.29 is 4.43 Å². The van der Waals surface area contributed by atoms with Crippen molar-refractivity contribution in [2.75, 3.05) is 0 Å². The highest BCUT2D eigenvalue weighted by Gasteiger charge is 2.51. The predicted molar refractivity (Wildman–Crippen MR) is 101 cm³/mol. The van der Waals surface area contributed by atoms with Gasteiger partial charge in [-0.05, 0) is 28.8 Å². The first kappa shape index (κ1) is 16.5. The van der Waals surface area contributed by atoms with Gasteiger partial charge >= 0.3 is 0 Å². The van der Waals surface area contributed by atoms with Gasteiger partial charge in [-0.25, -0.2) is 0 Å². The molecule has 0 unspecified atom stereocenters. The van der Waals surface area contributed by atoms with Crippen molar-refractivity contribution in [3.63, 3.8) is 0 Å². The molecule has 1 saturated heterocycles. The van der Waals surface area contributed by atoms with E-state index in [1.807, 2.05) is 0 Å². The molecule has 0 bridgehead atoms. The van der Waals surface area contributed by atoms with E-state index in [9.17, 15) is 0 Å². The summed E-state index contributed by atoms with van der Waals surface area (Å²) >= 11 is 0. The lowest BCUT2D eigenvalue weighted by Crippen LogP contribution is -2.61. The van der Waals surface area contributed by atoms with Crippen molar-refractivity contribution in [3.05, 3.63) is 60.7 Å². The smallest absolute Gasteiger partial charge is 0.258 e. The van der Waals surface area contributed by atoms with Crippen molar-refractivity contribution in [2.45, 2.75) is 57.6 Å². The van der Waals surface area contributed by atoms with Crippen LogP contribution in [0.4, 0.5) is 0 Å². The van der Waals surface area contributed by atoms with E-state index in [4.69, 9.17) is 4.43 Å². The van der Waals surface area contributed by atoms with Crippen LogP contribution in [0.15, 0.2) is 60.7 Å². The number of hydrogen-bond acceptors (Lipinski definition) is 1. The van der Waals surface area contributed by atoms with Crippen LogP contribution in [0.3, 0.4) is 0 Å². The van der Waals surface area contributed by atoms with Crippen LogP contribution in [0, 0.1) is 0 Å². The molecule has 0 amide bonds. The van der Waals surface area contributed by atoms with Gasteiger partial charge in [-0.3, -0.25) is 0 Å². The molecule has 2 aromatic rings. The fourth-order valence-corrected chi connectivity index (χ4v) is 8.72. The van der Waals surface area contributed by atoms with Gasteiger partial charge < -0.3 is 4.43 Å². The molecule has 0 radical (unpaired) electrons. The number of unbranched alkanes of at least 4 members (excludes halogenated alkanes) is 2. The molecule has 0 N–H and O–H groups in total.